The van der Waals surface area contributed by atoms with Crippen LogP contribution >= 0.6 is 81.4 Å². The quantitative estimate of drug-likeness (QED) is 0.313. The van der Waals surface area contributed by atoms with E-state index in [2.05, 4.69) is 0 Å². The first-order valence-corrected chi connectivity index (χ1v) is 11.3. The zero-order valence-corrected chi connectivity index (χ0v) is 15.7. The summed E-state index contributed by atoms with van der Waals surface area (Å²) in [5, 5.41) is 0. The Bertz CT molecular complexity index is 469. The Morgan fingerprint density at radius 1 is 0.950 bits per heavy atom. The second kappa shape index (κ2) is 7.73. The fourth-order valence-electron chi connectivity index (χ4n) is 1.14. The second-order valence-corrected chi connectivity index (χ2v) is 12.5. The van der Waals surface area contributed by atoms with Crippen LogP contribution in [0.2, 0.25) is 0 Å². The fourth-order valence-corrected chi connectivity index (χ4v) is 10.7. The van der Waals surface area contributed by atoms with Gasteiger partial charge < -0.3 is 4.52 Å². The molecule has 1 aliphatic rings. The van der Waals surface area contributed by atoms with Crippen molar-refractivity contribution >= 4 is 87.7 Å². The number of carbonyl (C=O) groups is 1. The molecule has 1 saturated heterocycles. The van der Waals surface area contributed by atoms with Crippen LogP contribution in [-0.2, 0) is 0 Å². The highest BCUT2D eigenvalue weighted by Crippen LogP contribution is 2.82. The highest BCUT2D eigenvalue weighted by Gasteiger charge is 2.48. The van der Waals surface area contributed by atoms with Crippen LogP contribution in [0.4, 0.5) is 0 Å². The van der Waals surface area contributed by atoms with Gasteiger partial charge >= 0.3 is 0 Å². The molecule has 0 radical (unpaired) electrons. The maximum atomic E-state index is 10.6. The second-order valence-electron chi connectivity index (χ2n) is 3.23. The normalized spacial score (nSPS) is 29.4. The highest BCUT2D eigenvalue weighted by molar-refractivity contribution is 8.02. The van der Waals surface area contributed by atoms with Gasteiger partial charge in [0.25, 0.3) is 8.45 Å². The van der Waals surface area contributed by atoms with E-state index >= 15 is 0 Å². The van der Waals surface area contributed by atoms with Crippen LogP contribution in [0, 0.1) is 0 Å². The van der Waals surface area contributed by atoms with E-state index in [0.29, 0.717) is 11.3 Å². The Labute approximate surface area is 144 Å². The summed E-state index contributed by atoms with van der Waals surface area (Å²) in [5.74, 6) is 0.487. The predicted octanol–water partition coefficient (Wildman–Crippen LogP) is 6.42. The first-order chi connectivity index (χ1) is 9.45. The van der Waals surface area contributed by atoms with E-state index in [4.69, 9.17) is 62.3 Å². The summed E-state index contributed by atoms with van der Waals surface area (Å²) >= 11 is 30.2. The van der Waals surface area contributed by atoms with Crippen molar-refractivity contribution < 1.29 is 9.32 Å². The van der Waals surface area contributed by atoms with Gasteiger partial charge in [0, 0.05) is 5.56 Å². The third kappa shape index (κ3) is 3.79. The van der Waals surface area contributed by atoms with Gasteiger partial charge in [0.1, 0.15) is 12.0 Å². The summed E-state index contributed by atoms with van der Waals surface area (Å²) in [4.78, 5) is 10.6. The SMILES string of the molecule is O=Cc1ccc(OP2N(Cl)P(Cl)N(Cl)P(Cl)N2Cl)cc1. The summed E-state index contributed by atoms with van der Waals surface area (Å²) in [6.45, 7) is 0. The van der Waals surface area contributed by atoms with E-state index in [9.17, 15) is 4.79 Å². The third-order valence-electron chi connectivity index (χ3n) is 2.03. The molecule has 2 unspecified atom stereocenters. The molecule has 13 heteroatoms. The molecule has 1 aromatic carbocycles. The lowest BCUT2D eigenvalue weighted by Crippen LogP contribution is -2.22. The van der Waals surface area contributed by atoms with E-state index in [0.717, 1.165) is 6.29 Å². The van der Waals surface area contributed by atoms with E-state index in [1.165, 1.54) is 11.9 Å². The number of hydrogen-bond acceptors (Lipinski definition) is 5. The van der Waals surface area contributed by atoms with Crippen molar-refractivity contribution in [1.82, 2.24) is 11.9 Å². The fraction of sp³-hybridized carbons (Fsp3) is 0. The Morgan fingerprint density at radius 2 is 1.45 bits per heavy atom. The Kier molecular flexibility index (Phi) is 6.82. The molecule has 1 aromatic rings. The van der Waals surface area contributed by atoms with E-state index in [1.807, 2.05) is 0 Å². The molecule has 1 aliphatic heterocycles. The van der Waals surface area contributed by atoms with Gasteiger partial charge in [-0.15, -0.1) is 3.96 Å². The number of hydrogen-bond donors (Lipinski definition) is 0. The zero-order chi connectivity index (χ0) is 14.9. The molecule has 0 saturated carbocycles. The first kappa shape index (κ1) is 17.7. The molecule has 1 fully saturated rings. The van der Waals surface area contributed by atoms with Crippen molar-refractivity contribution in [3.63, 3.8) is 0 Å². The summed E-state index contributed by atoms with van der Waals surface area (Å²) < 4.78 is 9.27. The van der Waals surface area contributed by atoms with Gasteiger partial charge in [-0.25, -0.2) is 0 Å². The highest BCUT2D eigenvalue weighted by atomic mass is 35.7. The summed E-state index contributed by atoms with van der Waals surface area (Å²) in [5.41, 5.74) is 0.533. The number of halogens is 5. The number of rotatable bonds is 3. The molecule has 2 rings (SSSR count). The van der Waals surface area contributed by atoms with Crippen molar-refractivity contribution in [2.45, 2.75) is 0 Å². The minimum Gasteiger partial charge on any atom is -0.443 e. The lowest BCUT2D eigenvalue weighted by Gasteiger charge is -2.41. The van der Waals surface area contributed by atoms with Gasteiger partial charge in [0.05, 0.1) is 0 Å². The molecule has 20 heavy (non-hydrogen) atoms. The average molecular weight is 433 g/mol. The van der Waals surface area contributed by atoms with Gasteiger partial charge in [0.15, 0.2) is 15.2 Å². The van der Waals surface area contributed by atoms with E-state index in [1.54, 1.807) is 24.3 Å². The van der Waals surface area contributed by atoms with Gasteiger partial charge in [-0.3, -0.25) is 4.79 Å². The number of carbonyl (C=O) groups excluding carboxylic acids is 1. The Hall–Kier alpha value is 1.31. The van der Waals surface area contributed by atoms with Crippen molar-refractivity contribution in [2.75, 3.05) is 0 Å². The molecule has 0 bridgehead atoms. The molecule has 2 atom stereocenters. The van der Waals surface area contributed by atoms with Crippen molar-refractivity contribution in [1.29, 1.82) is 0 Å². The molecule has 110 valence electrons. The maximum absolute atomic E-state index is 10.6. The average Bonchev–Trinajstić information content (AvgIpc) is 2.48. The Balaban J connectivity index is 2.15. The largest absolute Gasteiger partial charge is 0.443 e. The van der Waals surface area contributed by atoms with Crippen LogP contribution in [0.25, 0.3) is 0 Å². The lowest BCUT2D eigenvalue weighted by atomic mass is 10.2. The molecule has 0 N–H and O–H groups in total. The first-order valence-electron chi connectivity index (χ1n) is 4.78. The van der Waals surface area contributed by atoms with E-state index < -0.39 is 23.6 Å². The topological polar surface area (TPSA) is 36.0 Å². The molecule has 0 aromatic heterocycles. The van der Waals surface area contributed by atoms with Crippen LogP contribution in [0.15, 0.2) is 24.3 Å². The van der Waals surface area contributed by atoms with Crippen LogP contribution in [0.1, 0.15) is 10.4 Å². The van der Waals surface area contributed by atoms with Crippen LogP contribution < -0.4 is 4.52 Å². The zero-order valence-electron chi connectivity index (χ0n) is 9.28. The molecule has 0 amide bonds. The molecule has 1 heterocycles. The number of benzene rings is 1. The number of aldehydes is 1. The molecule has 0 spiro atoms. The smallest absolute Gasteiger partial charge is 0.290 e. The van der Waals surface area contributed by atoms with Crippen LogP contribution in [0.3, 0.4) is 0 Å². The lowest BCUT2D eigenvalue weighted by molar-refractivity contribution is 0.112. The van der Waals surface area contributed by atoms with Crippen LogP contribution in [0.5, 0.6) is 5.75 Å². The summed E-state index contributed by atoms with van der Waals surface area (Å²) in [6, 6.07) is 6.47. The summed E-state index contributed by atoms with van der Waals surface area (Å²) in [7, 11) is -4.69. The van der Waals surface area contributed by atoms with Gasteiger partial charge in [0.2, 0.25) is 0 Å². The van der Waals surface area contributed by atoms with Gasteiger partial charge in [-0.2, -0.15) is 0 Å². The van der Waals surface area contributed by atoms with Crippen molar-refractivity contribution in [3.05, 3.63) is 29.8 Å². The van der Waals surface area contributed by atoms with E-state index in [-0.39, 0.29) is 0 Å². The molecule has 0 aliphatic carbocycles. The molecular formula is C7H5Cl5N3O2P3. The van der Waals surface area contributed by atoms with Gasteiger partial charge in [-0.1, -0.05) is 30.4 Å². The number of nitrogens with zero attached hydrogens (tertiary/aromatic N) is 3. The van der Waals surface area contributed by atoms with Gasteiger partial charge in [-0.05, 0) is 59.6 Å². The summed E-state index contributed by atoms with van der Waals surface area (Å²) in [6.07, 6.45) is 0.735. The monoisotopic (exact) mass is 431 g/mol. The Morgan fingerprint density at radius 3 is 1.90 bits per heavy atom. The minimum atomic E-state index is -1.61. The third-order valence-corrected chi connectivity index (χ3v) is 13.5. The standard InChI is InChI=1S/C7H5Cl5N3O2P3/c8-13-18(11)14(9)20(15(10)19(13)12)17-7-3-1-6(5-16)2-4-7/h1-5H. The van der Waals surface area contributed by atoms with Crippen molar-refractivity contribution in [2.24, 2.45) is 0 Å². The minimum absolute atomic E-state index is 0.487. The molecular weight excluding hydrogens is 428 g/mol. The van der Waals surface area contributed by atoms with Crippen LogP contribution in [-0.4, -0.2) is 18.2 Å². The van der Waals surface area contributed by atoms with Crippen molar-refractivity contribution in [3.8, 4) is 5.75 Å². The molecule has 5 nitrogen and oxygen atoms in total. The maximum Gasteiger partial charge on any atom is 0.290 e. The predicted molar refractivity (Wildman–Crippen MR) is 88.0 cm³/mol.